The monoisotopic (exact) mass is 439 g/mol. The Morgan fingerprint density at radius 3 is 2.40 bits per heavy atom. The Morgan fingerprint density at radius 2 is 1.67 bits per heavy atom. The van der Waals surface area contributed by atoms with Crippen LogP contribution in [0.3, 0.4) is 0 Å². The molecule has 8 heteroatoms. The number of amides is 1. The molecule has 0 aliphatic heterocycles. The molecule has 2 aromatic heterocycles. The molecule has 4 rings (SSSR count). The van der Waals surface area contributed by atoms with E-state index in [-0.39, 0.29) is 5.91 Å². The van der Waals surface area contributed by atoms with E-state index in [9.17, 15) is 4.79 Å². The highest BCUT2D eigenvalue weighted by Crippen LogP contribution is 2.24. The average Bonchev–Trinajstić information content (AvgIpc) is 3.22. The molecular formula is C22H19Cl2N5O. The minimum absolute atomic E-state index is 0.292. The minimum atomic E-state index is -0.308. The van der Waals surface area contributed by atoms with Crippen molar-refractivity contribution in [2.24, 2.45) is 0 Å². The van der Waals surface area contributed by atoms with E-state index in [1.54, 1.807) is 22.5 Å². The molecule has 1 amide bonds. The summed E-state index contributed by atoms with van der Waals surface area (Å²) in [5.74, 6) is -0.0166. The molecule has 0 radical (unpaired) electrons. The molecule has 0 atom stereocenters. The Morgan fingerprint density at radius 1 is 0.967 bits per heavy atom. The van der Waals surface area contributed by atoms with E-state index in [0.717, 1.165) is 16.9 Å². The normalized spacial score (nSPS) is 10.9. The molecule has 0 saturated heterocycles. The molecule has 152 valence electrons. The van der Waals surface area contributed by atoms with Crippen LogP contribution in [-0.4, -0.2) is 25.5 Å². The van der Waals surface area contributed by atoms with Crippen LogP contribution in [0.15, 0.2) is 60.8 Å². The van der Waals surface area contributed by atoms with Crippen LogP contribution in [0.4, 0.5) is 5.82 Å². The highest BCUT2D eigenvalue weighted by molar-refractivity contribution is 6.33. The maximum atomic E-state index is 13.0. The molecular weight excluding hydrogens is 421 g/mol. The Balaban J connectivity index is 1.57. The van der Waals surface area contributed by atoms with Gasteiger partial charge in [0.1, 0.15) is 5.02 Å². The number of halogens is 2. The van der Waals surface area contributed by atoms with Gasteiger partial charge in [-0.15, -0.1) is 0 Å². The minimum Gasteiger partial charge on any atom is -0.304 e. The van der Waals surface area contributed by atoms with Gasteiger partial charge in [0, 0.05) is 11.2 Å². The first-order chi connectivity index (χ1) is 14.4. The van der Waals surface area contributed by atoms with Crippen molar-refractivity contribution in [3.8, 4) is 5.69 Å². The largest absolute Gasteiger partial charge is 0.304 e. The summed E-state index contributed by atoms with van der Waals surface area (Å²) in [6.45, 7) is 4.11. The molecule has 0 fully saturated rings. The lowest BCUT2D eigenvalue weighted by Crippen LogP contribution is -2.15. The van der Waals surface area contributed by atoms with Gasteiger partial charge in [-0.05, 0) is 37.6 Å². The van der Waals surface area contributed by atoms with Crippen molar-refractivity contribution in [2.45, 2.75) is 20.4 Å². The van der Waals surface area contributed by atoms with Gasteiger partial charge in [-0.1, -0.05) is 59.6 Å². The lowest BCUT2D eigenvalue weighted by molar-refractivity contribution is 0.102. The Bertz CT molecular complexity index is 1210. The number of hydrogen-bond acceptors (Lipinski definition) is 3. The van der Waals surface area contributed by atoms with Gasteiger partial charge in [-0.3, -0.25) is 9.48 Å². The second kappa shape index (κ2) is 8.34. The number of benzene rings is 2. The zero-order valence-electron chi connectivity index (χ0n) is 16.4. The van der Waals surface area contributed by atoms with Crippen LogP contribution >= 0.6 is 23.2 Å². The van der Waals surface area contributed by atoms with Crippen LogP contribution in [0.25, 0.3) is 5.69 Å². The van der Waals surface area contributed by atoms with Gasteiger partial charge in [0.15, 0.2) is 5.82 Å². The summed E-state index contributed by atoms with van der Waals surface area (Å²) in [5.41, 5.74) is 3.66. The number of aryl methyl sites for hydroxylation is 1. The van der Waals surface area contributed by atoms with Crippen LogP contribution in [0.1, 0.15) is 27.3 Å². The topological polar surface area (TPSA) is 64.7 Å². The van der Waals surface area contributed by atoms with Crippen molar-refractivity contribution in [3.05, 3.63) is 93.4 Å². The molecule has 1 N–H and O–H groups in total. The third-order valence-corrected chi connectivity index (χ3v) is 5.40. The summed E-state index contributed by atoms with van der Waals surface area (Å²) in [6, 6.07) is 17.2. The zero-order valence-corrected chi connectivity index (χ0v) is 17.9. The summed E-state index contributed by atoms with van der Waals surface area (Å²) in [5, 5.41) is 12.7. The van der Waals surface area contributed by atoms with Crippen LogP contribution in [-0.2, 0) is 6.54 Å². The Kier molecular flexibility index (Phi) is 5.61. The van der Waals surface area contributed by atoms with Gasteiger partial charge in [0.05, 0.1) is 29.2 Å². The summed E-state index contributed by atoms with van der Waals surface area (Å²) in [7, 11) is 0. The summed E-state index contributed by atoms with van der Waals surface area (Å²) in [6.07, 6.45) is 1.66. The number of nitrogens with zero attached hydrogens (tertiary/aromatic N) is 4. The van der Waals surface area contributed by atoms with Crippen LogP contribution < -0.4 is 5.32 Å². The van der Waals surface area contributed by atoms with Crippen molar-refractivity contribution in [3.63, 3.8) is 0 Å². The highest BCUT2D eigenvalue weighted by Gasteiger charge is 2.21. The average molecular weight is 440 g/mol. The second-order valence-corrected chi connectivity index (χ2v) is 7.68. The number of nitrogens with one attached hydrogen (secondary N) is 1. The standard InChI is InChI=1S/C22H19Cl2N5O/c1-14-20(15(2)29(26-14)17-9-4-3-5-10-17)22(30)25-21-19(24)13-28(27-21)12-16-8-6-7-11-18(16)23/h3-11,13H,12H2,1-2H3,(H,25,27,30). The van der Waals surface area contributed by atoms with E-state index < -0.39 is 0 Å². The fraction of sp³-hybridized carbons (Fsp3) is 0.136. The third kappa shape index (κ3) is 3.97. The van der Waals surface area contributed by atoms with Crippen LogP contribution in [0, 0.1) is 13.8 Å². The Hall–Kier alpha value is -3.09. The summed E-state index contributed by atoms with van der Waals surface area (Å²) < 4.78 is 3.40. The number of carbonyl (C=O) groups is 1. The lowest BCUT2D eigenvalue weighted by atomic mass is 10.2. The van der Waals surface area contributed by atoms with Crippen LogP contribution in [0.5, 0.6) is 0 Å². The van der Waals surface area contributed by atoms with Gasteiger partial charge in [-0.2, -0.15) is 10.2 Å². The van der Waals surface area contributed by atoms with E-state index in [1.165, 1.54) is 0 Å². The third-order valence-electron chi connectivity index (χ3n) is 4.76. The first-order valence-corrected chi connectivity index (χ1v) is 10.1. The molecule has 0 bridgehead atoms. The van der Waals surface area contributed by atoms with Crippen molar-refractivity contribution in [1.82, 2.24) is 19.6 Å². The van der Waals surface area contributed by atoms with Gasteiger partial charge >= 0.3 is 0 Å². The van der Waals surface area contributed by atoms with E-state index in [1.807, 2.05) is 61.5 Å². The van der Waals surface area contributed by atoms with Crippen molar-refractivity contribution in [1.29, 1.82) is 0 Å². The molecule has 2 heterocycles. The van der Waals surface area contributed by atoms with E-state index in [0.29, 0.717) is 33.7 Å². The predicted octanol–water partition coefficient (Wildman–Crippen LogP) is 5.29. The molecule has 6 nitrogen and oxygen atoms in total. The van der Waals surface area contributed by atoms with E-state index in [4.69, 9.17) is 23.2 Å². The van der Waals surface area contributed by atoms with Gasteiger partial charge in [-0.25, -0.2) is 4.68 Å². The fourth-order valence-electron chi connectivity index (χ4n) is 3.33. The molecule has 2 aromatic carbocycles. The summed E-state index contributed by atoms with van der Waals surface area (Å²) >= 11 is 12.5. The van der Waals surface area contributed by atoms with Gasteiger partial charge in [0.25, 0.3) is 5.91 Å². The van der Waals surface area contributed by atoms with Crippen molar-refractivity contribution >= 4 is 34.9 Å². The first kappa shape index (κ1) is 20.2. The molecule has 0 spiro atoms. The van der Waals surface area contributed by atoms with Crippen molar-refractivity contribution in [2.75, 3.05) is 5.32 Å². The highest BCUT2D eigenvalue weighted by atomic mass is 35.5. The maximum absolute atomic E-state index is 13.0. The summed E-state index contributed by atoms with van der Waals surface area (Å²) in [4.78, 5) is 13.0. The fourth-order valence-corrected chi connectivity index (χ4v) is 3.72. The second-order valence-electron chi connectivity index (χ2n) is 6.86. The molecule has 4 aromatic rings. The van der Waals surface area contributed by atoms with Gasteiger partial charge < -0.3 is 5.32 Å². The van der Waals surface area contributed by atoms with Gasteiger partial charge in [0.2, 0.25) is 0 Å². The first-order valence-electron chi connectivity index (χ1n) is 9.33. The lowest BCUT2D eigenvalue weighted by Gasteiger charge is -2.06. The smallest absolute Gasteiger partial charge is 0.260 e. The SMILES string of the molecule is Cc1nn(-c2ccccc2)c(C)c1C(=O)Nc1nn(Cc2ccccc2Cl)cc1Cl. The zero-order chi connectivity index (χ0) is 21.3. The Labute approximate surface area is 184 Å². The number of aromatic nitrogens is 4. The molecule has 0 saturated carbocycles. The number of para-hydroxylation sites is 1. The molecule has 30 heavy (non-hydrogen) atoms. The number of anilines is 1. The van der Waals surface area contributed by atoms with Crippen LogP contribution in [0.2, 0.25) is 10.0 Å². The number of hydrogen-bond donors (Lipinski definition) is 1. The molecule has 0 aliphatic carbocycles. The quantitative estimate of drug-likeness (QED) is 0.459. The van der Waals surface area contributed by atoms with Crippen molar-refractivity contribution < 1.29 is 4.79 Å². The number of rotatable bonds is 5. The predicted molar refractivity (Wildman–Crippen MR) is 119 cm³/mol. The van der Waals surface area contributed by atoms with E-state index in [2.05, 4.69) is 15.5 Å². The molecule has 0 unspecified atom stereocenters. The number of carbonyl (C=O) groups excluding carboxylic acids is 1. The molecule has 0 aliphatic rings. The maximum Gasteiger partial charge on any atom is 0.260 e. The van der Waals surface area contributed by atoms with E-state index >= 15 is 0 Å².